The van der Waals surface area contributed by atoms with E-state index in [1.54, 1.807) is 7.05 Å². The highest BCUT2D eigenvalue weighted by molar-refractivity contribution is 5.99. The summed E-state index contributed by atoms with van der Waals surface area (Å²) in [5.74, 6) is -0.0939. The van der Waals surface area contributed by atoms with Gasteiger partial charge in [0.05, 0.1) is 24.4 Å². The molecule has 10 nitrogen and oxygen atoms in total. The number of guanidine groups is 1. The quantitative estimate of drug-likeness (QED) is 0.366. The SMILES string of the molecule is CN1C(=O)CC(C)(c2cccc(CC(=O)c3cnc(N=[N+]=[N-])cn3)c2)N=C1N. The number of nitrogens with two attached hydrogens (primary N) is 1. The summed E-state index contributed by atoms with van der Waals surface area (Å²) >= 11 is 0. The molecule has 10 heteroatoms. The average molecular weight is 378 g/mol. The van der Waals surface area contributed by atoms with Crippen molar-refractivity contribution in [2.45, 2.75) is 25.3 Å². The van der Waals surface area contributed by atoms with Crippen LogP contribution < -0.4 is 5.73 Å². The predicted octanol–water partition coefficient (Wildman–Crippen LogP) is 2.24. The average Bonchev–Trinajstić information content (AvgIpc) is 2.67. The monoisotopic (exact) mass is 378 g/mol. The zero-order chi connectivity index (χ0) is 20.3. The molecule has 142 valence electrons. The van der Waals surface area contributed by atoms with Gasteiger partial charge >= 0.3 is 0 Å². The summed E-state index contributed by atoms with van der Waals surface area (Å²) in [4.78, 5) is 40.9. The summed E-state index contributed by atoms with van der Waals surface area (Å²) in [6, 6.07) is 7.33. The topological polar surface area (TPSA) is 150 Å². The van der Waals surface area contributed by atoms with E-state index >= 15 is 0 Å². The lowest BCUT2D eigenvalue weighted by Crippen LogP contribution is -2.47. The number of aliphatic imine (C=N–C) groups is 1. The fourth-order valence-electron chi connectivity index (χ4n) is 2.93. The minimum absolute atomic E-state index is 0.0938. The number of azide groups is 1. The highest BCUT2D eigenvalue weighted by Gasteiger charge is 2.36. The van der Waals surface area contributed by atoms with Crippen LogP contribution in [0.1, 0.15) is 35.0 Å². The van der Waals surface area contributed by atoms with Crippen LogP contribution in [-0.4, -0.2) is 39.6 Å². The van der Waals surface area contributed by atoms with Crippen LogP contribution in [-0.2, 0) is 16.8 Å². The largest absolute Gasteiger partial charge is 0.369 e. The number of hydrogen-bond acceptors (Lipinski definition) is 7. The number of ketones is 1. The molecule has 1 aliphatic rings. The molecule has 1 atom stereocenters. The van der Waals surface area contributed by atoms with Crippen LogP contribution in [0.15, 0.2) is 46.8 Å². The van der Waals surface area contributed by atoms with Crippen molar-refractivity contribution in [2.24, 2.45) is 15.8 Å². The van der Waals surface area contributed by atoms with E-state index in [0.29, 0.717) is 0 Å². The number of hydrogen-bond donors (Lipinski definition) is 1. The third kappa shape index (κ3) is 3.81. The van der Waals surface area contributed by atoms with Crippen LogP contribution in [0.3, 0.4) is 0 Å². The zero-order valence-corrected chi connectivity index (χ0v) is 15.4. The van der Waals surface area contributed by atoms with Crippen molar-refractivity contribution in [3.05, 3.63) is 63.9 Å². The van der Waals surface area contributed by atoms with Gasteiger partial charge in [-0.25, -0.2) is 9.98 Å². The van der Waals surface area contributed by atoms with Crippen molar-refractivity contribution in [1.29, 1.82) is 0 Å². The first-order valence-electron chi connectivity index (χ1n) is 8.44. The van der Waals surface area contributed by atoms with Gasteiger partial charge in [-0.3, -0.25) is 19.5 Å². The minimum Gasteiger partial charge on any atom is -0.369 e. The Morgan fingerprint density at radius 2 is 2.18 bits per heavy atom. The van der Waals surface area contributed by atoms with Crippen molar-refractivity contribution in [2.75, 3.05) is 7.05 Å². The molecule has 3 rings (SSSR count). The van der Waals surface area contributed by atoms with E-state index in [4.69, 9.17) is 11.3 Å². The Balaban J connectivity index is 1.82. The van der Waals surface area contributed by atoms with Crippen molar-refractivity contribution < 1.29 is 9.59 Å². The molecule has 1 aromatic heterocycles. The number of carbonyl (C=O) groups is 2. The van der Waals surface area contributed by atoms with Crippen LogP contribution in [0.4, 0.5) is 5.82 Å². The molecule has 0 radical (unpaired) electrons. The van der Waals surface area contributed by atoms with Gasteiger partial charge in [0, 0.05) is 18.4 Å². The highest BCUT2D eigenvalue weighted by Crippen LogP contribution is 2.33. The van der Waals surface area contributed by atoms with Crippen LogP contribution in [0, 0.1) is 0 Å². The summed E-state index contributed by atoms with van der Waals surface area (Å²) < 4.78 is 0. The first-order valence-corrected chi connectivity index (χ1v) is 8.44. The lowest BCUT2D eigenvalue weighted by Gasteiger charge is -2.33. The number of aromatic nitrogens is 2. The number of amides is 1. The highest BCUT2D eigenvalue weighted by atomic mass is 16.2. The maximum atomic E-state index is 12.5. The number of carbonyl (C=O) groups excluding carboxylic acids is 2. The van der Waals surface area contributed by atoms with E-state index in [1.807, 2.05) is 31.2 Å². The van der Waals surface area contributed by atoms with E-state index in [9.17, 15) is 9.59 Å². The van der Waals surface area contributed by atoms with E-state index in [-0.39, 0.29) is 42.0 Å². The van der Waals surface area contributed by atoms with Gasteiger partial charge in [0.15, 0.2) is 11.7 Å². The van der Waals surface area contributed by atoms with E-state index in [2.05, 4.69) is 25.0 Å². The Kier molecular flexibility index (Phi) is 5.06. The van der Waals surface area contributed by atoms with E-state index in [0.717, 1.165) is 11.1 Å². The zero-order valence-electron chi connectivity index (χ0n) is 15.4. The second kappa shape index (κ2) is 7.45. The first kappa shape index (κ1) is 19.0. The minimum atomic E-state index is -0.788. The standard InChI is InChI=1S/C18H18N8O2/c1-18(8-16(28)26(2)17(19)23-18)12-5-3-4-11(6-12)7-14(27)13-9-22-15(10-21-13)24-25-20/h3-6,9-10H,7-8H2,1-2H3,(H2,19,23). The van der Waals surface area contributed by atoms with Crippen LogP contribution in [0.25, 0.3) is 10.4 Å². The maximum absolute atomic E-state index is 12.5. The lowest BCUT2D eigenvalue weighted by atomic mass is 9.86. The number of nitrogens with zero attached hydrogens (tertiary/aromatic N) is 7. The van der Waals surface area contributed by atoms with Gasteiger partial charge in [0.2, 0.25) is 5.91 Å². The molecule has 0 aliphatic carbocycles. The summed E-state index contributed by atoms with van der Waals surface area (Å²) in [5.41, 5.74) is 15.2. The molecule has 0 saturated carbocycles. The molecule has 2 N–H and O–H groups in total. The molecule has 28 heavy (non-hydrogen) atoms. The Labute approximate surface area is 160 Å². The molecule has 0 bridgehead atoms. The van der Waals surface area contributed by atoms with Gasteiger partial charge in [-0.15, -0.1) is 0 Å². The Morgan fingerprint density at radius 1 is 1.39 bits per heavy atom. The van der Waals surface area contributed by atoms with Gasteiger partial charge in [0.25, 0.3) is 0 Å². The Hall–Kier alpha value is -3.78. The van der Waals surface area contributed by atoms with Crippen molar-refractivity contribution >= 4 is 23.5 Å². The third-order valence-electron chi connectivity index (χ3n) is 4.56. The van der Waals surface area contributed by atoms with Crippen molar-refractivity contribution in [1.82, 2.24) is 14.9 Å². The van der Waals surface area contributed by atoms with Gasteiger partial charge in [-0.2, -0.15) is 0 Å². The van der Waals surface area contributed by atoms with Gasteiger partial charge in [0.1, 0.15) is 11.5 Å². The molecule has 0 saturated heterocycles. The summed E-state index contributed by atoms with van der Waals surface area (Å²) in [6.45, 7) is 1.84. The molecule has 1 amide bonds. The fourth-order valence-corrected chi connectivity index (χ4v) is 2.93. The third-order valence-corrected chi connectivity index (χ3v) is 4.56. The number of rotatable bonds is 5. The molecular formula is C18H18N8O2. The predicted molar refractivity (Wildman–Crippen MR) is 102 cm³/mol. The molecular weight excluding hydrogens is 360 g/mol. The molecule has 1 aromatic carbocycles. The van der Waals surface area contributed by atoms with Crippen LogP contribution in [0.2, 0.25) is 0 Å². The summed E-state index contributed by atoms with van der Waals surface area (Å²) in [7, 11) is 1.59. The maximum Gasteiger partial charge on any atom is 0.231 e. The lowest BCUT2D eigenvalue weighted by molar-refractivity contribution is -0.128. The van der Waals surface area contributed by atoms with E-state index in [1.165, 1.54) is 17.3 Å². The molecule has 0 fully saturated rings. The van der Waals surface area contributed by atoms with Crippen LogP contribution >= 0.6 is 0 Å². The molecule has 2 heterocycles. The summed E-state index contributed by atoms with van der Waals surface area (Å²) in [5, 5.41) is 3.32. The smallest absolute Gasteiger partial charge is 0.231 e. The fraction of sp³-hybridized carbons (Fsp3) is 0.278. The molecule has 0 spiro atoms. The Bertz CT molecular complexity index is 1010. The summed E-state index contributed by atoms with van der Waals surface area (Å²) in [6.07, 6.45) is 2.81. The van der Waals surface area contributed by atoms with Gasteiger partial charge in [-0.1, -0.05) is 24.3 Å². The number of benzene rings is 1. The molecule has 2 aromatic rings. The molecule has 1 aliphatic heterocycles. The normalized spacial score (nSPS) is 19.0. The van der Waals surface area contributed by atoms with Crippen LogP contribution in [0.5, 0.6) is 0 Å². The van der Waals surface area contributed by atoms with Gasteiger partial charge in [-0.05, 0) is 28.7 Å². The van der Waals surface area contributed by atoms with Gasteiger partial charge < -0.3 is 5.73 Å². The second-order valence-electron chi connectivity index (χ2n) is 6.62. The molecule has 1 unspecified atom stereocenters. The van der Waals surface area contributed by atoms with Crippen molar-refractivity contribution in [3.63, 3.8) is 0 Å². The Morgan fingerprint density at radius 3 is 2.82 bits per heavy atom. The van der Waals surface area contributed by atoms with E-state index < -0.39 is 5.54 Å². The number of Topliss-reactive ketones (excluding diaryl/α,β-unsaturated/α-hetero) is 1. The van der Waals surface area contributed by atoms with Crippen molar-refractivity contribution in [3.8, 4) is 0 Å². The second-order valence-corrected chi connectivity index (χ2v) is 6.62. The first-order chi connectivity index (χ1) is 13.3.